The average molecular weight is 466 g/mol. The first kappa shape index (κ1) is 34.2. The van der Waals surface area contributed by atoms with Crippen LogP contribution in [0, 0.1) is 26.2 Å². The number of carboxylic acids is 1. The zero-order chi connectivity index (χ0) is 20.8. The monoisotopic (exact) mass is 466 g/mol. The summed E-state index contributed by atoms with van der Waals surface area (Å²) in [6.45, 7) is 0.830. The number of aliphatic carboxylic acids is 1. The Morgan fingerprint density at radius 1 is 1.13 bits per heavy atom. The fraction of sp³-hybridized carbons (Fsp3) is 0.308. The summed E-state index contributed by atoms with van der Waals surface area (Å²) in [4.78, 5) is 21.8. The molecule has 0 bridgehead atoms. The van der Waals surface area contributed by atoms with Gasteiger partial charge in [-0.05, 0) is 32.4 Å². The molecule has 0 saturated heterocycles. The Bertz CT molecular complexity index is 781. The molecule has 1 rings (SSSR count). The minimum atomic E-state index is -3.20. The van der Waals surface area contributed by atoms with Crippen molar-refractivity contribution in [2.75, 3.05) is 5.75 Å². The molecule has 1 N–H and O–H groups in total. The normalized spacial score (nSPS) is 12.3. The van der Waals surface area contributed by atoms with Gasteiger partial charge in [-0.15, -0.1) is 0 Å². The minimum Gasteiger partial charge on any atom is -0.739 e. The van der Waals surface area contributed by atoms with Crippen LogP contribution in [0.4, 0.5) is 0 Å². The number of amidine groups is 1. The van der Waals surface area contributed by atoms with E-state index in [-0.39, 0.29) is 93.6 Å². The molecule has 30 heavy (non-hydrogen) atoms. The van der Waals surface area contributed by atoms with Gasteiger partial charge in [0.25, 0.3) is 5.84 Å². The van der Waals surface area contributed by atoms with Gasteiger partial charge in [-0.25, -0.2) is 0 Å². The summed E-state index contributed by atoms with van der Waals surface area (Å²) < 4.78 is 0. The number of rotatable bonds is 7. The van der Waals surface area contributed by atoms with Crippen LogP contribution in [0.3, 0.4) is 0 Å². The molecule has 0 spiro atoms. The third-order valence-corrected chi connectivity index (χ3v) is 3.89. The van der Waals surface area contributed by atoms with Crippen LogP contribution < -0.4 is 93.8 Å². The Kier molecular flexibility index (Phi) is 17.5. The van der Waals surface area contributed by atoms with Crippen LogP contribution in [-0.2, 0) is 15.3 Å². The van der Waals surface area contributed by atoms with E-state index in [0.29, 0.717) is 0 Å². The van der Waals surface area contributed by atoms with Gasteiger partial charge in [0.1, 0.15) is 5.56 Å². The molecule has 1 atom stereocenters. The van der Waals surface area contributed by atoms with E-state index in [1.54, 1.807) is 0 Å². The predicted molar refractivity (Wildman–Crippen MR) is 89.9 cm³/mol. The van der Waals surface area contributed by atoms with Gasteiger partial charge in [0.05, 0.1) is 12.0 Å². The first-order valence-electron chi connectivity index (χ1n) is 7.07. The molecule has 0 aliphatic rings. The third-order valence-electron chi connectivity index (χ3n) is 3.55. The number of nitrogens with one attached hydrogen (secondary N) is 1. The Morgan fingerprint density at radius 2 is 1.57 bits per heavy atom. The number of carbonyl (C=O) groups is 2. The van der Waals surface area contributed by atoms with Crippen LogP contribution in [0.5, 0.6) is 0 Å². The second kappa shape index (κ2) is 15.4. The zero-order valence-electron chi connectivity index (χ0n) is 16.7. The predicted octanol–water partition coefficient (Wildman–Crippen LogP) is -9.35. The summed E-state index contributed by atoms with van der Waals surface area (Å²) in [6.07, 6.45) is 0. The molecule has 0 aromatic heterocycles. The van der Waals surface area contributed by atoms with Crippen molar-refractivity contribution >= 4 is 30.3 Å². The molecule has 0 fully saturated rings. The molecule has 0 aliphatic heterocycles. The fourth-order valence-electron chi connectivity index (χ4n) is 2.36. The SMILES string of the molecule is CC(=O)N(C(=N)C(c1ccccc1)(/[N+]([O-])=N/[O-])/[N+]([O-])=N/[O-])[C@@H](CS)C(=O)[O-].[Na+].[Na+].[Na+]. The van der Waals surface area contributed by atoms with E-state index in [4.69, 9.17) is 5.41 Å². The number of benzene rings is 1. The maximum Gasteiger partial charge on any atom is 1.00 e. The number of carbonyl (C=O) groups excluding carboxylic acids is 2. The number of hydrogen-bond acceptors (Lipinski definition) is 11. The molecule has 0 radical (unpaired) electrons. The molecular formula is C13H13N6Na3O7S. The zero-order valence-corrected chi connectivity index (χ0v) is 23.6. The quantitative estimate of drug-likeness (QED) is 0.0579. The second-order valence-electron chi connectivity index (χ2n) is 5.00. The minimum absolute atomic E-state index is 0. The van der Waals surface area contributed by atoms with Crippen LogP contribution in [0.15, 0.2) is 40.9 Å². The second-order valence-corrected chi connectivity index (χ2v) is 5.37. The maximum atomic E-state index is 12.2. The molecule has 0 heterocycles. The Labute approximate surface area is 242 Å². The summed E-state index contributed by atoms with van der Waals surface area (Å²) in [5, 5.41) is 69.9. The van der Waals surface area contributed by atoms with E-state index in [1.165, 1.54) is 18.2 Å². The molecule has 0 saturated carbocycles. The summed E-state index contributed by atoms with van der Waals surface area (Å²) >= 11 is 3.75. The number of thiol groups is 1. The van der Waals surface area contributed by atoms with E-state index in [1.807, 2.05) is 10.6 Å². The van der Waals surface area contributed by atoms with Crippen LogP contribution in [0.25, 0.3) is 0 Å². The summed E-state index contributed by atoms with van der Waals surface area (Å²) in [7, 11) is 0. The maximum absolute atomic E-state index is 12.2. The van der Waals surface area contributed by atoms with Gasteiger partial charge in [-0.1, -0.05) is 18.2 Å². The van der Waals surface area contributed by atoms with Crippen LogP contribution >= 0.6 is 12.6 Å². The topological polar surface area (TPSA) is 207 Å². The molecule has 13 nitrogen and oxygen atoms in total. The number of amides is 1. The third kappa shape index (κ3) is 6.79. The number of hydroxylamine groups is 2. The van der Waals surface area contributed by atoms with E-state index < -0.39 is 50.5 Å². The van der Waals surface area contributed by atoms with E-state index >= 15 is 0 Å². The Morgan fingerprint density at radius 3 is 1.87 bits per heavy atom. The smallest absolute Gasteiger partial charge is 0.739 e. The van der Waals surface area contributed by atoms with Crippen LogP contribution in [-0.4, -0.2) is 44.1 Å². The van der Waals surface area contributed by atoms with Crippen molar-refractivity contribution in [3.05, 3.63) is 56.7 Å². The summed E-state index contributed by atoms with van der Waals surface area (Å²) in [5.41, 5.74) is -3.64. The fourth-order valence-corrected chi connectivity index (χ4v) is 2.68. The number of nitrogens with zero attached hydrogens (tertiary/aromatic N) is 5. The average Bonchev–Trinajstić information content (AvgIpc) is 2.65. The van der Waals surface area contributed by atoms with Gasteiger partial charge in [0.15, 0.2) is 0 Å². The van der Waals surface area contributed by atoms with E-state index in [0.717, 1.165) is 19.1 Å². The number of hydrogen-bond donors (Lipinski definition) is 2. The van der Waals surface area contributed by atoms with Gasteiger partial charge in [0.2, 0.25) is 5.91 Å². The first-order chi connectivity index (χ1) is 12.7. The standard InChI is InChI=1S/C13H16N6O7S.3Na/c1-8(20)17(10(7-27)11(21)22)12(14)13(18(25)15-23,19(26)16-24)9-5-3-2-4-6-9;;;/h2-6,10,14,23-24,27H,7H2,1H3,(H,21,22);;;/q;3*+1/p-3/b14-12?,18-15-,19-16-;;;/t10-;;;/m0.../s1. The van der Waals surface area contributed by atoms with Crippen LogP contribution in [0.2, 0.25) is 0 Å². The van der Waals surface area contributed by atoms with E-state index in [9.17, 15) is 35.5 Å². The Hall–Kier alpha value is -0.420. The molecular weight excluding hydrogens is 453 g/mol. The molecule has 1 aromatic rings. The van der Waals surface area contributed by atoms with Gasteiger partial charge in [-0.3, -0.25) is 15.1 Å². The van der Waals surface area contributed by atoms with Gasteiger partial charge >= 0.3 is 94.3 Å². The van der Waals surface area contributed by atoms with Crippen LogP contribution in [0.1, 0.15) is 12.5 Å². The van der Waals surface area contributed by atoms with Crippen molar-refractivity contribution in [1.82, 2.24) is 4.90 Å². The van der Waals surface area contributed by atoms with Crippen molar-refractivity contribution in [1.29, 1.82) is 5.41 Å². The molecule has 17 heteroatoms. The van der Waals surface area contributed by atoms with Crippen molar-refractivity contribution in [3.8, 4) is 0 Å². The van der Waals surface area contributed by atoms with Gasteiger partial charge < -0.3 is 30.7 Å². The van der Waals surface area contributed by atoms with Gasteiger partial charge in [-0.2, -0.15) is 12.6 Å². The molecule has 0 unspecified atom stereocenters. The van der Waals surface area contributed by atoms with E-state index in [2.05, 4.69) is 12.6 Å². The van der Waals surface area contributed by atoms with Crippen molar-refractivity contribution < 1.29 is 113 Å². The molecule has 0 aliphatic carbocycles. The summed E-state index contributed by atoms with van der Waals surface area (Å²) in [6, 6.07) is 4.29. The van der Waals surface area contributed by atoms with Crippen molar-refractivity contribution in [2.45, 2.75) is 18.6 Å². The van der Waals surface area contributed by atoms with Gasteiger partial charge in [0, 0.05) is 12.7 Å². The van der Waals surface area contributed by atoms with Crippen molar-refractivity contribution in [3.63, 3.8) is 0 Å². The largest absolute Gasteiger partial charge is 1.00 e. The number of carboxylic acid groups (broad SMARTS) is 1. The molecule has 1 aromatic carbocycles. The van der Waals surface area contributed by atoms with Crippen molar-refractivity contribution in [2.24, 2.45) is 10.6 Å². The molecule has 146 valence electrons. The summed E-state index contributed by atoms with van der Waals surface area (Å²) in [5.74, 6) is -4.90. The molecule has 1 amide bonds. The first-order valence-corrected chi connectivity index (χ1v) is 7.70. The Balaban J connectivity index is -0.00000243.